The molecule has 6 unspecified atom stereocenters. The minimum atomic E-state index is -2.04. The van der Waals surface area contributed by atoms with E-state index in [-0.39, 0.29) is 35.7 Å². The summed E-state index contributed by atoms with van der Waals surface area (Å²) in [5.74, 6) is -6.16. The van der Waals surface area contributed by atoms with Crippen molar-refractivity contribution < 1.29 is 33.8 Å². The molecule has 0 spiro atoms. The first kappa shape index (κ1) is 28.9. The van der Waals surface area contributed by atoms with Crippen molar-refractivity contribution in [3.05, 3.63) is 63.6 Å². The Morgan fingerprint density at radius 3 is 2.33 bits per heavy atom. The van der Waals surface area contributed by atoms with E-state index in [1.165, 1.54) is 21.1 Å². The Balaban J connectivity index is 1.52. The number of aromatic hydroxyl groups is 1. The number of hydrogen-bond donors (Lipinski definition) is 1. The number of phenols is 1. The number of ketones is 1. The van der Waals surface area contributed by atoms with E-state index in [1.807, 2.05) is 0 Å². The van der Waals surface area contributed by atoms with Crippen molar-refractivity contribution in [2.75, 3.05) is 19.1 Å². The fraction of sp³-hybridized carbons (Fsp3) is 0.367. The predicted molar refractivity (Wildman–Crippen MR) is 157 cm³/mol. The lowest BCUT2D eigenvalue weighted by Crippen LogP contribution is -2.60. The van der Waals surface area contributed by atoms with E-state index in [0.29, 0.717) is 21.3 Å². The molecule has 4 aliphatic rings. The lowest BCUT2D eigenvalue weighted by atomic mass is 9.56. The highest BCUT2D eigenvalue weighted by Gasteiger charge is 2.76. The second kappa shape index (κ2) is 9.65. The molecule has 4 amide bonds. The van der Waals surface area contributed by atoms with Gasteiger partial charge in [-0.05, 0) is 62.1 Å². The first-order valence-corrected chi connectivity index (χ1v) is 14.8. The number of alkyl halides is 2. The molecule has 0 radical (unpaired) electrons. The van der Waals surface area contributed by atoms with Crippen LogP contribution >= 0.6 is 39.1 Å². The molecule has 2 aliphatic heterocycles. The van der Waals surface area contributed by atoms with Crippen LogP contribution in [0.3, 0.4) is 0 Å². The molecule has 2 aromatic rings. The second-order valence-electron chi connectivity index (χ2n) is 11.2. The number of benzene rings is 2. The minimum absolute atomic E-state index is 0.105. The summed E-state index contributed by atoms with van der Waals surface area (Å²) >= 11 is 17.8. The number of likely N-dealkylation sites (tertiary alicyclic amines) is 1. The molecule has 2 aliphatic carbocycles. The number of amides is 4. The van der Waals surface area contributed by atoms with E-state index in [4.69, 9.17) is 27.9 Å². The van der Waals surface area contributed by atoms with E-state index in [0.717, 1.165) is 9.80 Å². The molecular formula is C30H25BrCl2N2O7. The lowest BCUT2D eigenvalue weighted by Gasteiger charge is -2.50. The zero-order valence-electron chi connectivity index (χ0n) is 22.7. The summed E-state index contributed by atoms with van der Waals surface area (Å²) in [6.45, 7) is 1.42. The molecule has 0 bridgehead atoms. The van der Waals surface area contributed by atoms with E-state index in [9.17, 15) is 29.1 Å². The van der Waals surface area contributed by atoms with Gasteiger partial charge in [-0.3, -0.25) is 33.8 Å². The Kier molecular flexibility index (Phi) is 6.64. The van der Waals surface area contributed by atoms with Crippen molar-refractivity contribution in [1.29, 1.82) is 0 Å². The van der Waals surface area contributed by atoms with Gasteiger partial charge in [-0.15, -0.1) is 23.2 Å². The summed E-state index contributed by atoms with van der Waals surface area (Å²) in [5, 5.41) is 11.3. The van der Waals surface area contributed by atoms with Gasteiger partial charge in [0.1, 0.15) is 0 Å². The van der Waals surface area contributed by atoms with Crippen LogP contribution < -0.4 is 9.64 Å². The van der Waals surface area contributed by atoms with Crippen molar-refractivity contribution >= 4 is 74.2 Å². The average molecular weight is 676 g/mol. The fourth-order valence-electron chi connectivity index (χ4n) is 7.16. The summed E-state index contributed by atoms with van der Waals surface area (Å²) < 4.78 is 5.87. The number of phenolic OH excluding ortho intramolecular Hbond substituents is 1. The van der Waals surface area contributed by atoms with Crippen LogP contribution in [-0.4, -0.2) is 63.3 Å². The normalized spacial score (nSPS) is 32.0. The number of anilines is 1. The number of fused-ring (bicyclic) bond motifs is 4. The maximum atomic E-state index is 14.1. The van der Waals surface area contributed by atoms with Crippen molar-refractivity contribution in [3.8, 4) is 11.5 Å². The van der Waals surface area contributed by atoms with Gasteiger partial charge in [0, 0.05) is 28.6 Å². The summed E-state index contributed by atoms with van der Waals surface area (Å²) in [7, 11) is 2.67. The van der Waals surface area contributed by atoms with Gasteiger partial charge in [-0.25, -0.2) is 0 Å². The van der Waals surface area contributed by atoms with E-state index < -0.39 is 57.0 Å². The van der Waals surface area contributed by atoms with Gasteiger partial charge in [0.05, 0.1) is 24.6 Å². The third-order valence-corrected chi connectivity index (χ3v) is 11.0. The topological polar surface area (TPSA) is 121 Å². The minimum Gasteiger partial charge on any atom is -0.504 e. The third-order valence-electron chi connectivity index (χ3n) is 9.15. The number of methoxy groups -OCH3 is 1. The Morgan fingerprint density at radius 1 is 1.05 bits per heavy atom. The first-order valence-electron chi connectivity index (χ1n) is 13.2. The highest BCUT2D eigenvalue weighted by molar-refractivity contribution is 9.10. The fourth-order valence-corrected chi connectivity index (χ4v) is 8.63. The molecule has 9 nitrogen and oxygen atoms in total. The third kappa shape index (κ3) is 3.64. The van der Waals surface area contributed by atoms with Gasteiger partial charge in [0.2, 0.25) is 11.8 Å². The second-order valence-corrected chi connectivity index (χ2v) is 13.3. The number of ether oxygens (including phenoxy) is 1. The lowest BCUT2D eigenvalue weighted by molar-refractivity contribution is -0.138. The Hall–Kier alpha value is -3.21. The van der Waals surface area contributed by atoms with E-state index in [2.05, 4.69) is 15.9 Å². The molecule has 218 valence electrons. The van der Waals surface area contributed by atoms with Crippen LogP contribution in [0.15, 0.2) is 52.5 Å². The van der Waals surface area contributed by atoms with E-state index in [1.54, 1.807) is 42.5 Å². The average Bonchev–Trinajstić information content (AvgIpc) is 3.29. The van der Waals surface area contributed by atoms with Crippen LogP contribution in [0.5, 0.6) is 11.5 Å². The largest absolute Gasteiger partial charge is 0.504 e. The molecule has 2 saturated heterocycles. The number of carbonyl (C=O) groups excluding carboxylic acids is 5. The number of carbonyl (C=O) groups is 5. The molecular weight excluding hydrogens is 651 g/mol. The van der Waals surface area contributed by atoms with Gasteiger partial charge < -0.3 is 9.84 Å². The molecule has 6 rings (SSSR count). The maximum Gasteiger partial charge on any atom is 0.253 e. The molecule has 12 heteroatoms. The number of nitrogens with zero attached hydrogens (tertiary/aromatic N) is 2. The molecule has 2 heterocycles. The van der Waals surface area contributed by atoms with Crippen molar-refractivity contribution in [2.24, 2.45) is 17.8 Å². The quantitative estimate of drug-likeness (QED) is 0.218. The summed E-state index contributed by atoms with van der Waals surface area (Å²) in [6.07, 6.45) is 1.79. The molecule has 0 aromatic heterocycles. The number of Topliss-reactive ketones (excluding diaryl/α,β-unsaturated/α-hetero) is 1. The predicted octanol–water partition coefficient (Wildman–Crippen LogP) is 4.56. The van der Waals surface area contributed by atoms with Crippen molar-refractivity contribution in [1.82, 2.24) is 4.90 Å². The number of halogens is 3. The van der Waals surface area contributed by atoms with Crippen molar-refractivity contribution in [2.45, 2.75) is 35.4 Å². The Labute approximate surface area is 259 Å². The zero-order chi connectivity index (χ0) is 30.5. The van der Waals surface area contributed by atoms with Crippen LogP contribution in [0.2, 0.25) is 0 Å². The zero-order valence-corrected chi connectivity index (χ0v) is 25.8. The number of imide groups is 2. The van der Waals surface area contributed by atoms with Crippen LogP contribution in [0.4, 0.5) is 5.69 Å². The molecule has 1 saturated carbocycles. The molecule has 2 aromatic carbocycles. The summed E-state index contributed by atoms with van der Waals surface area (Å²) in [5.41, 5.74) is 1.51. The Morgan fingerprint density at radius 2 is 1.71 bits per heavy atom. The van der Waals surface area contributed by atoms with E-state index >= 15 is 0 Å². The smallest absolute Gasteiger partial charge is 0.253 e. The van der Waals surface area contributed by atoms with Crippen LogP contribution in [0, 0.1) is 17.8 Å². The molecule has 6 atom stereocenters. The highest BCUT2D eigenvalue weighted by atomic mass is 79.9. The van der Waals surface area contributed by atoms with Gasteiger partial charge in [0.25, 0.3) is 11.8 Å². The highest BCUT2D eigenvalue weighted by Crippen LogP contribution is 2.66. The van der Waals surface area contributed by atoms with Crippen LogP contribution in [0.1, 0.15) is 41.6 Å². The number of rotatable bonds is 4. The SMILES string of the molecule is COc1cc(Br)cc(C2C3=CCC4C(=O)N(c5ccc(C(C)=O)cc5)C(=O)C4C3CC3(Cl)C(=O)N(C)C(=O)C23Cl)c1O. The Bertz CT molecular complexity index is 1640. The van der Waals surface area contributed by atoms with Gasteiger partial charge >= 0.3 is 0 Å². The molecule has 3 fully saturated rings. The summed E-state index contributed by atoms with van der Waals surface area (Å²) in [6, 6.07) is 9.33. The van der Waals surface area contributed by atoms with Gasteiger partial charge in [0.15, 0.2) is 27.0 Å². The molecule has 1 N–H and O–H groups in total. The van der Waals surface area contributed by atoms with Gasteiger partial charge in [-0.1, -0.05) is 27.6 Å². The van der Waals surface area contributed by atoms with Crippen LogP contribution in [-0.2, 0) is 19.2 Å². The first-order chi connectivity index (χ1) is 19.8. The standard InChI is InChI=1S/C30H25BrCl2N2O7/c1-13(36)14-4-6-16(7-5-14)35-25(38)18-9-8-17-20(22(18)26(35)39)12-29(32)27(40)34(2)28(41)30(29,33)23(17)19-10-15(31)11-21(42-3)24(19)37/h4-8,10-11,18,20,22-23,37H,9,12H2,1-3H3. The number of hydrogen-bond acceptors (Lipinski definition) is 7. The van der Waals surface area contributed by atoms with Crippen molar-refractivity contribution in [3.63, 3.8) is 0 Å². The molecule has 42 heavy (non-hydrogen) atoms. The number of allylic oxidation sites excluding steroid dienone is 2. The van der Waals surface area contributed by atoms with Gasteiger partial charge in [-0.2, -0.15) is 0 Å². The monoisotopic (exact) mass is 674 g/mol. The maximum absolute atomic E-state index is 14.1. The summed E-state index contributed by atoms with van der Waals surface area (Å²) in [4.78, 5) is 64.8. The van der Waals surface area contributed by atoms with Crippen LogP contribution in [0.25, 0.3) is 0 Å².